The lowest BCUT2D eigenvalue weighted by atomic mass is 9.95. The zero-order valence-corrected chi connectivity index (χ0v) is 23.3. The van der Waals surface area contributed by atoms with Crippen LogP contribution in [-0.2, 0) is 0 Å². The number of nitrogens with one attached hydrogen (secondary N) is 2. The number of hydrogen-bond acceptors (Lipinski definition) is 6. The number of anilines is 1. The molecule has 2 aromatic carbocycles. The molecular formula is C29H32F3N5O5. The maximum atomic E-state index is 14.3. The molecule has 5 rings (SSSR count). The standard InChI is InChI=1S/C29H32F3N5O5/c1-16-9-20(33-28(39)40)15-36(14-16)27(38)19-6-4-5-17(10-19)22-13-26-34-21(12-25(29(30,31)32)37(26)35-22)18-7-8-23(41-2)24(11-18)42-3/h4-8,10-11,13,16,20-21,25,33-34H,9,12,14-15H2,1-3H3,(H,39,40)/t16-,20+,21?,25?/m0/s1. The molecule has 1 fully saturated rings. The van der Waals surface area contributed by atoms with Gasteiger partial charge in [-0.25, -0.2) is 9.48 Å². The zero-order valence-electron chi connectivity index (χ0n) is 23.3. The first-order valence-corrected chi connectivity index (χ1v) is 13.5. The van der Waals surface area contributed by atoms with Gasteiger partial charge in [0.15, 0.2) is 17.5 Å². The summed E-state index contributed by atoms with van der Waals surface area (Å²) in [5, 5.41) is 19.1. The minimum Gasteiger partial charge on any atom is -0.493 e. The number of rotatable bonds is 6. The number of methoxy groups -OCH3 is 2. The fourth-order valence-corrected chi connectivity index (χ4v) is 5.79. The Morgan fingerprint density at radius 3 is 2.50 bits per heavy atom. The van der Waals surface area contributed by atoms with Crippen LogP contribution in [0, 0.1) is 5.92 Å². The van der Waals surface area contributed by atoms with E-state index in [4.69, 9.17) is 14.6 Å². The van der Waals surface area contributed by atoms with Crippen molar-refractivity contribution in [2.45, 2.75) is 44.1 Å². The molecular weight excluding hydrogens is 555 g/mol. The summed E-state index contributed by atoms with van der Waals surface area (Å²) in [4.78, 5) is 26.1. The van der Waals surface area contributed by atoms with Crippen molar-refractivity contribution < 1.29 is 37.3 Å². The molecule has 4 atom stereocenters. The number of halogens is 3. The number of alkyl halides is 3. The fourth-order valence-electron chi connectivity index (χ4n) is 5.79. The summed E-state index contributed by atoms with van der Waals surface area (Å²) in [5.41, 5.74) is 1.71. The van der Waals surface area contributed by atoms with Crippen molar-refractivity contribution >= 4 is 17.8 Å². The molecule has 1 saturated heterocycles. The van der Waals surface area contributed by atoms with E-state index < -0.39 is 24.4 Å². The first kappa shape index (κ1) is 29.1. The highest BCUT2D eigenvalue weighted by atomic mass is 19.4. The summed E-state index contributed by atoms with van der Waals surface area (Å²) in [6.07, 6.45) is -5.37. The SMILES string of the molecule is COc1ccc(C2CC(C(F)(F)F)n3nc(-c4cccc(C(=O)N5C[C@@H](C)C[C@@H](NC(=O)O)C5)c4)cc3N2)cc1OC. The maximum absolute atomic E-state index is 14.3. The number of piperidine rings is 1. The minimum atomic E-state index is -4.56. The van der Waals surface area contributed by atoms with Crippen LogP contribution in [0.3, 0.4) is 0 Å². The van der Waals surface area contributed by atoms with E-state index in [1.807, 2.05) is 6.92 Å². The van der Waals surface area contributed by atoms with Gasteiger partial charge in [-0.1, -0.05) is 25.1 Å². The van der Waals surface area contributed by atoms with Crippen LogP contribution in [-0.4, -0.2) is 71.3 Å². The molecule has 2 aliphatic rings. The van der Waals surface area contributed by atoms with Crippen LogP contribution in [0.25, 0.3) is 11.3 Å². The predicted octanol–water partition coefficient (Wildman–Crippen LogP) is 5.35. The number of nitrogens with zero attached hydrogens (tertiary/aromatic N) is 3. The van der Waals surface area contributed by atoms with Gasteiger partial charge in [0.05, 0.1) is 32.0 Å². The van der Waals surface area contributed by atoms with Crippen LogP contribution in [0.15, 0.2) is 48.5 Å². The van der Waals surface area contributed by atoms with Crippen LogP contribution in [0.4, 0.5) is 23.8 Å². The molecule has 0 aliphatic carbocycles. The molecule has 0 spiro atoms. The number of likely N-dealkylation sites (tertiary alicyclic amines) is 1. The molecule has 0 bridgehead atoms. The molecule has 3 aromatic rings. The average molecular weight is 588 g/mol. The second-order valence-corrected chi connectivity index (χ2v) is 10.7. The Hall–Kier alpha value is -4.42. The Morgan fingerprint density at radius 2 is 1.81 bits per heavy atom. The Morgan fingerprint density at radius 1 is 1.05 bits per heavy atom. The lowest BCUT2D eigenvalue weighted by Gasteiger charge is -2.36. The normalized spacial score (nSPS) is 22.1. The van der Waals surface area contributed by atoms with Gasteiger partial charge in [0.2, 0.25) is 0 Å². The van der Waals surface area contributed by atoms with Gasteiger partial charge in [-0.2, -0.15) is 18.3 Å². The van der Waals surface area contributed by atoms with Gasteiger partial charge in [0.25, 0.3) is 5.91 Å². The first-order valence-electron chi connectivity index (χ1n) is 13.5. The smallest absolute Gasteiger partial charge is 0.410 e. The molecule has 3 heterocycles. The summed E-state index contributed by atoms with van der Waals surface area (Å²) in [7, 11) is 2.95. The second kappa shape index (κ2) is 11.5. The van der Waals surface area contributed by atoms with E-state index in [-0.39, 0.29) is 42.3 Å². The van der Waals surface area contributed by atoms with Crippen molar-refractivity contribution in [1.29, 1.82) is 0 Å². The Kier molecular flexibility index (Phi) is 7.93. The van der Waals surface area contributed by atoms with E-state index in [9.17, 15) is 22.8 Å². The Bertz CT molecular complexity index is 1480. The quantitative estimate of drug-likeness (QED) is 0.356. The highest BCUT2D eigenvalue weighted by Gasteiger charge is 2.46. The molecule has 2 amide bonds. The Labute approximate surface area is 240 Å². The molecule has 2 unspecified atom stereocenters. The van der Waals surface area contributed by atoms with Gasteiger partial charge in [-0.15, -0.1) is 0 Å². The topological polar surface area (TPSA) is 118 Å². The van der Waals surface area contributed by atoms with Crippen LogP contribution >= 0.6 is 0 Å². The van der Waals surface area contributed by atoms with Gasteiger partial charge in [-0.05, 0) is 42.2 Å². The summed E-state index contributed by atoms with van der Waals surface area (Å²) >= 11 is 0. The van der Waals surface area contributed by atoms with E-state index in [2.05, 4.69) is 15.7 Å². The van der Waals surface area contributed by atoms with Crippen LogP contribution < -0.4 is 20.1 Å². The molecule has 0 radical (unpaired) electrons. The molecule has 2 aliphatic heterocycles. The molecule has 224 valence electrons. The van der Waals surface area contributed by atoms with Crippen LogP contribution in [0.5, 0.6) is 11.5 Å². The third-order valence-corrected chi connectivity index (χ3v) is 7.68. The van der Waals surface area contributed by atoms with Crippen molar-refractivity contribution in [1.82, 2.24) is 20.0 Å². The number of ether oxygens (including phenoxy) is 2. The van der Waals surface area contributed by atoms with Crippen molar-refractivity contribution in [3.8, 4) is 22.8 Å². The van der Waals surface area contributed by atoms with Crippen molar-refractivity contribution in [2.75, 3.05) is 32.6 Å². The lowest BCUT2D eigenvalue weighted by Crippen LogP contribution is -2.51. The fraction of sp³-hybridized carbons (Fsp3) is 0.414. The minimum absolute atomic E-state index is 0.0894. The monoisotopic (exact) mass is 587 g/mol. The van der Waals surface area contributed by atoms with Crippen LogP contribution in [0.2, 0.25) is 0 Å². The summed E-state index contributed by atoms with van der Waals surface area (Å²) < 4.78 is 54.4. The number of fused-ring (bicyclic) bond motifs is 1. The second-order valence-electron chi connectivity index (χ2n) is 10.7. The van der Waals surface area contributed by atoms with E-state index >= 15 is 0 Å². The van der Waals surface area contributed by atoms with Gasteiger partial charge in [0.1, 0.15) is 5.82 Å². The third kappa shape index (κ3) is 5.95. The number of carboxylic acid groups (broad SMARTS) is 1. The summed E-state index contributed by atoms with van der Waals surface area (Å²) in [6.45, 7) is 2.64. The summed E-state index contributed by atoms with van der Waals surface area (Å²) in [5.74, 6) is 0.882. The number of aromatic nitrogens is 2. The first-order chi connectivity index (χ1) is 20.0. The van der Waals surface area contributed by atoms with Gasteiger partial charge < -0.3 is 30.1 Å². The molecule has 0 saturated carbocycles. The number of hydrogen-bond donors (Lipinski definition) is 3. The van der Waals surface area contributed by atoms with E-state index in [1.165, 1.54) is 14.2 Å². The van der Waals surface area contributed by atoms with E-state index in [1.54, 1.807) is 53.4 Å². The molecule has 10 nitrogen and oxygen atoms in total. The molecule has 42 heavy (non-hydrogen) atoms. The number of amides is 2. The van der Waals surface area contributed by atoms with Gasteiger partial charge in [0, 0.05) is 36.7 Å². The lowest BCUT2D eigenvalue weighted by molar-refractivity contribution is -0.173. The largest absolute Gasteiger partial charge is 0.493 e. The number of benzene rings is 2. The molecule has 13 heteroatoms. The van der Waals surface area contributed by atoms with Crippen molar-refractivity contribution in [3.05, 3.63) is 59.7 Å². The highest BCUT2D eigenvalue weighted by Crippen LogP contribution is 2.45. The van der Waals surface area contributed by atoms with Crippen LogP contribution in [0.1, 0.15) is 47.8 Å². The third-order valence-electron chi connectivity index (χ3n) is 7.68. The van der Waals surface area contributed by atoms with Gasteiger partial charge in [-0.3, -0.25) is 4.79 Å². The zero-order chi connectivity index (χ0) is 30.2. The van der Waals surface area contributed by atoms with E-state index in [0.29, 0.717) is 41.2 Å². The maximum Gasteiger partial charge on any atom is 0.410 e. The van der Waals surface area contributed by atoms with Crippen molar-refractivity contribution in [3.63, 3.8) is 0 Å². The highest BCUT2D eigenvalue weighted by molar-refractivity contribution is 5.95. The van der Waals surface area contributed by atoms with Crippen molar-refractivity contribution in [2.24, 2.45) is 5.92 Å². The number of carbonyl (C=O) groups excluding carboxylic acids is 1. The van der Waals surface area contributed by atoms with Gasteiger partial charge >= 0.3 is 12.3 Å². The summed E-state index contributed by atoms with van der Waals surface area (Å²) in [6, 6.07) is 10.2. The van der Waals surface area contributed by atoms with E-state index in [0.717, 1.165) is 4.68 Å². The molecule has 3 N–H and O–H groups in total. The number of carbonyl (C=O) groups is 2. The average Bonchev–Trinajstić information content (AvgIpc) is 3.39. The molecule has 1 aromatic heterocycles. The Balaban J connectivity index is 1.43. The predicted molar refractivity (Wildman–Crippen MR) is 148 cm³/mol.